The van der Waals surface area contributed by atoms with E-state index >= 15 is 0 Å². The Hall–Kier alpha value is -3.24. The minimum absolute atomic E-state index is 0.00392. The van der Waals surface area contributed by atoms with E-state index in [0.29, 0.717) is 21.7 Å². The van der Waals surface area contributed by atoms with E-state index in [-0.39, 0.29) is 22.6 Å². The van der Waals surface area contributed by atoms with Gasteiger partial charge in [0.1, 0.15) is 12.3 Å². The van der Waals surface area contributed by atoms with Crippen LogP contribution < -0.4 is 14.4 Å². The number of halogens is 4. The summed E-state index contributed by atoms with van der Waals surface area (Å²) in [5.74, 6) is -0.0788. The number of carbonyl (C=O) groups excluding carboxylic acids is 1. The zero-order chi connectivity index (χ0) is 26.5. The third-order valence-corrected chi connectivity index (χ3v) is 7.04. The summed E-state index contributed by atoms with van der Waals surface area (Å²) in [6.07, 6.45) is -4.74. The Morgan fingerprint density at radius 2 is 1.67 bits per heavy atom. The molecule has 3 aromatic carbocycles. The fourth-order valence-electron chi connectivity index (χ4n) is 3.24. The van der Waals surface area contributed by atoms with Crippen molar-refractivity contribution >= 4 is 33.2 Å². The first-order valence-electron chi connectivity index (χ1n) is 10.8. The SMILES string of the molecule is CC(C)Oc1ccc(CNC(=O)CN(c2cc(C(F)(F)F)ccc2Cl)S(=O)(=O)c2ccccc2)cc1. The van der Waals surface area contributed by atoms with Gasteiger partial charge in [-0.2, -0.15) is 13.2 Å². The topological polar surface area (TPSA) is 75.7 Å². The number of hydrogen-bond acceptors (Lipinski definition) is 4. The van der Waals surface area contributed by atoms with Crippen LogP contribution >= 0.6 is 11.6 Å². The summed E-state index contributed by atoms with van der Waals surface area (Å²) in [5, 5.41) is 2.34. The summed E-state index contributed by atoms with van der Waals surface area (Å²) < 4.78 is 72.9. The van der Waals surface area contributed by atoms with Crippen LogP contribution in [0, 0.1) is 0 Å². The zero-order valence-electron chi connectivity index (χ0n) is 19.4. The van der Waals surface area contributed by atoms with E-state index in [1.165, 1.54) is 24.3 Å². The van der Waals surface area contributed by atoms with Crippen molar-refractivity contribution in [3.8, 4) is 5.75 Å². The van der Waals surface area contributed by atoms with E-state index in [1.807, 2.05) is 13.8 Å². The molecule has 6 nitrogen and oxygen atoms in total. The molecule has 192 valence electrons. The Labute approximate surface area is 212 Å². The van der Waals surface area contributed by atoms with E-state index in [0.717, 1.165) is 12.1 Å². The minimum atomic E-state index is -4.74. The maximum atomic E-state index is 13.4. The lowest BCUT2D eigenvalue weighted by Crippen LogP contribution is -2.41. The fourth-order valence-corrected chi connectivity index (χ4v) is 4.97. The number of amides is 1. The van der Waals surface area contributed by atoms with Gasteiger partial charge in [0.15, 0.2) is 0 Å². The minimum Gasteiger partial charge on any atom is -0.491 e. The molecule has 3 aromatic rings. The van der Waals surface area contributed by atoms with Crippen LogP contribution in [0.25, 0.3) is 0 Å². The number of sulfonamides is 1. The van der Waals surface area contributed by atoms with Crippen molar-refractivity contribution in [2.75, 3.05) is 10.8 Å². The molecule has 0 atom stereocenters. The van der Waals surface area contributed by atoms with Crippen molar-refractivity contribution in [2.24, 2.45) is 0 Å². The maximum absolute atomic E-state index is 13.4. The Balaban J connectivity index is 1.88. The highest BCUT2D eigenvalue weighted by molar-refractivity contribution is 7.92. The summed E-state index contributed by atoms with van der Waals surface area (Å²) in [5.41, 5.74) is -0.839. The number of nitrogens with one attached hydrogen (secondary N) is 1. The standard InChI is InChI=1S/C25H24ClF3N2O4S/c1-17(2)35-20-11-8-18(9-12-20)15-30-24(32)16-31(36(33,34)21-6-4-3-5-7-21)23-14-19(25(27,28)29)10-13-22(23)26/h3-14,17H,15-16H2,1-2H3,(H,30,32). The van der Waals surface area contributed by atoms with Gasteiger partial charge in [-0.25, -0.2) is 8.42 Å². The molecule has 0 heterocycles. The lowest BCUT2D eigenvalue weighted by atomic mass is 10.2. The smallest absolute Gasteiger partial charge is 0.416 e. The Morgan fingerprint density at radius 1 is 1.03 bits per heavy atom. The Bertz CT molecular complexity index is 1300. The highest BCUT2D eigenvalue weighted by Crippen LogP contribution is 2.37. The van der Waals surface area contributed by atoms with Gasteiger partial charge in [-0.1, -0.05) is 41.9 Å². The lowest BCUT2D eigenvalue weighted by Gasteiger charge is -2.26. The van der Waals surface area contributed by atoms with Gasteiger partial charge in [-0.15, -0.1) is 0 Å². The van der Waals surface area contributed by atoms with E-state index in [2.05, 4.69) is 5.32 Å². The van der Waals surface area contributed by atoms with Crippen molar-refractivity contribution in [1.82, 2.24) is 5.32 Å². The monoisotopic (exact) mass is 540 g/mol. The number of alkyl halides is 3. The van der Waals surface area contributed by atoms with Gasteiger partial charge in [0.2, 0.25) is 5.91 Å². The van der Waals surface area contributed by atoms with Gasteiger partial charge < -0.3 is 10.1 Å². The molecule has 0 saturated carbocycles. The Morgan fingerprint density at radius 3 is 2.25 bits per heavy atom. The van der Waals surface area contributed by atoms with Crippen molar-refractivity contribution < 1.29 is 31.1 Å². The third-order valence-electron chi connectivity index (χ3n) is 4.95. The maximum Gasteiger partial charge on any atom is 0.416 e. The summed E-state index contributed by atoms with van der Waals surface area (Å²) in [6.45, 7) is 3.06. The van der Waals surface area contributed by atoms with Crippen LogP contribution in [-0.2, 0) is 27.5 Å². The molecule has 11 heteroatoms. The molecule has 0 aliphatic rings. The zero-order valence-corrected chi connectivity index (χ0v) is 21.0. The largest absolute Gasteiger partial charge is 0.491 e. The number of nitrogens with zero attached hydrogens (tertiary/aromatic N) is 1. The third kappa shape index (κ3) is 6.92. The number of ether oxygens (including phenoxy) is 1. The molecule has 3 rings (SSSR count). The summed E-state index contributed by atoms with van der Waals surface area (Å²) >= 11 is 6.12. The summed E-state index contributed by atoms with van der Waals surface area (Å²) in [7, 11) is -4.43. The first kappa shape index (κ1) is 27.3. The molecule has 0 spiro atoms. The summed E-state index contributed by atoms with van der Waals surface area (Å²) in [4.78, 5) is 12.6. The molecule has 0 radical (unpaired) electrons. The Kier molecular flexibility index (Phi) is 8.52. The number of carbonyl (C=O) groups is 1. The van der Waals surface area contributed by atoms with Crippen molar-refractivity contribution in [2.45, 2.75) is 37.6 Å². The normalized spacial score (nSPS) is 11.9. The second-order valence-electron chi connectivity index (χ2n) is 8.08. The van der Waals surface area contributed by atoms with Gasteiger partial charge in [0, 0.05) is 6.54 Å². The van der Waals surface area contributed by atoms with Gasteiger partial charge in [0.05, 0.1) is 27.3 Å². The van der Waals surface area contributed by atoms with Crippen molar-refractivity contribution in [3.05, 3.63) is 88.9 Å². The molecule has 1 N–H and O–H groups in total. The quantitative estimate of drug-likeness (QED) is 0.380. The number of anilines is 1. The number of hydrogen-bond donors (Lipinski definition) is 1. The predicted molar refractivity (Wildman–Crippen MR) is 131 cm³/mol. The number of rotatable bonds is 9. The fraction of sp³-hybridized carbons (Fsp3) is 0.240. The average molecular weight is 541 g/mol. The van der Waals surface area contributed by atoms with E-state index in [1.54, 1.807) is 30.3 Å². The van der Waals surface area contributed by atoms with Crippen LogP contribution in [0.15, 0.2) is 77.7 Å². The van der Waals surface area contributed by atoms with Gasteiger partial charge in [0.25, 0.3) is 10.0 Å². The predicted octanol–water partition coefficient (Wildman–Crippen LogP) is 5.66. The number of benzene rings is 3. The first-order valence-corrected chi connectivity index (χ1v) is 12.7. The molecule has 0 unspecified atom stereocenters. The van der Waals surface area contributed by atoms with E-state index < -0.39 is 39.9 Å². The van der Waals surface area contributed by atoms with Crippen LogP contribution in [0.2, 0.25) is 5.02 Å². The molecule has 0 aliphatic carbocycles. The van der Waals surface area contributed by atoms with Gasteiger partial charge >= 0.3 is 6.18 Å². The second kappa shape index (κ2) is 11.2. The molecule has 0 aromatic heterocycles. The molecule has 0 saturated heterocycles. The summed E-state index contributed by atoms with van der Waals surface area (Å²) in [6, 6.07) is 16.3. The van der Waals surface area contributed by atoms with Gasteiger partial charge in [-0.05, 0) is 61.9 Å². The average Bonchev–Trinajstić information content (AvgIpc) is 2.82. The van der Waals surface area contributed by atoms with E-state index in [4.69, 9.17) is 16.3 Å². The van der Waals surface area contributed by atoms with Crippen LogP contribution in [0.5, 0.6) is 5.75 Å². The molecular formula is C25H24ClF3N2O4S. The van der Waals surface area contributed by atoms with Crippen LogP contribution in [0.3, 0.4) is 0 Å². The second-order valence-corrected chi connectivity index (χ2v) is 10.3. The van der Waals surface area contributed by atoms with E-state index in [9.17, 15) is 26.4 Å². The first-order chi connectivity index (χ1) is 16.9. The molecular weight excluding hydrogens is 517 g/mol. The van der Waals surface area contributed by atoms with Crippen LogP contribution in [0.1, 0.15) is 25.0 Å². The van der Waals surface area contributed by atoms with Crippen molar-refractivity contribution in [1.29, 1.82) is 0 Å². The highest BCUT2D eigenvalue weighted by atomic mass is 35.5. The molecule has 36 heavy (non-hydrogen) atoms. The molecule has 1 amide bonds. The lowest BCUT2D eigenvalue weighted by molar-refractivity contribution is -0.137. The molecule has 0 fully saturated rings. The highest BCUT2D eigenvalue weighted by Gasteiger charge is 2.34. The van der Waals surface area contributed by atoms with Crippen LogP contribution in [-0.4, -0.2) is 27.0 Å². The van der Waals surface area contributed by atoms with Gasteiger partial charge in [-0.3, -0.25) is 9.10 Å². The molecule has 0 bridgehead atoms. The van der Waals surface area contributed by atoms with Crippen molar-refractivity contribution in [3.63, 3.8) is 0 Å². The molecule has 0 aliphatic heterocycles. The van der Waals surface area contributed by atoms with Crippen LogP contribution in [0.4, 0.5) is 18.9 Å².